The Hall–Kier alpha value is -1.69. The van der Waals surface area contributed by atoms with Crippen molar-refractivity contribution < 1.29 is 4.74 Å². The zero-order chi connectivity index (χ0) is 13.7. The van der Waals surface area contributed by atoms with Gasteiger partial charge in [-0.25, -0.2) is 5.10 Å². The van der Waals surface area contributed by atoms with Gasteiger partial charge in [0, 0.05) is 5.75 Å². The van der Waals surface area contributed by atoms with Crippen molar-refractivity contribution in [1.29, 1.82) is 0 Å². The number of nitrogen functional groups attached to an aromatic ring is 1. The van der Waals surface area contributed by atoms with Crippen LogP contribution in [-0.4, -0.2) is 27.5 Å². The van der Waals surface area contributed by atoms with E-state index >= 15 is 0 Å². The number of aryl methyl sites for hydroxylation is 2. The summed E-state index contributed by atoms with van der Waals surface area (Å²) in [5, 5.41) is 7.26. The summed E-state index contributed by atoms with van der Waals surface area (Å²) >= 11 is 1.57. The lowest BCUT2D eigenvalue weighted by molar-refractivity contribution is 0.314. The second kappa shape index (κ2) is 6.47. The molecule has 3 N–H and O–H groups in total. The van der Waals surface area contributed by atoms with Crippen molar-refractivity contribution in [3.8, 4) is 5.75 Å². The van der Waals surface area contributed by atoms with Crippen LogP contribution in [0.2, 0.25) is 0 Å². The van der Waals surface area contributed by atoms with Crippen molar-refractivity contribution in [3.63, 3.8) is 0 Å². The van der Waals surface area contributed by atoms with Crippen LogP contribution in [0.4, 0.5) is 5.95 Å². The number of thioether (sulfide) groups is 1. The van der Waals surface area contributed by atoms with Gasteiger partial charge in [0.15, 0.2) is 0 Å². The van der Waals surface area contributed by atoms with Gasteiger partial charge in [-0.3, -0.25) is 0 Å². The Kier molecular flexibility index (Phi) is 4.68. The van der Waals surface area contributed by atoms with Gasteiger partial charge in [-0.05, 0) is 31.4 Å². The topological polar surface area (TPSA) is 76.8 Å². The largest absolute Gasteiger partial charge is 0.493 e. The van der Waals surface area contributed by atoms with E-state index in [1.165, 1.54) is 11.1 Å². The van der Waals surface area contributed by atoms with Crippen molar-refractivity contribution in [1.82, 2.24) is 15.2 Å². The molecule has 0 atom stereocenters. The van der Waals surface area contributed by atoms with Gasteiger partial charge in [-0.1, -0.05) is 30.0 Å². The Bertz CT molecular complexity index is 521. The first kappa shape index (κ1) is 13.7. The van der Waals surface area contributed by atoms with E-state index in [4.69, 9.17) is 10.5 Å². The van der Waals surface area contributed by atoms with E-state index in [0.717, 1.165) is 17.9 Å². The molecule has 0 amide bonds. The molecule has 0 radical (unpaired) electrons. The van der Waals surface area contributed by atoms with Crippen LogP contribution in [0.1, 0.15) is 17.5 Å². The Balaban J connectivity index is 1.72. The summed E-state index contributed by atoms with van der Waals surface area (Å²) < 4.78 is 5.82. The first-order valence-electron chi connectivity index (χ1n) is 6.16. The highest BCUT2D eigenvalue weighted by Crippen LogP contribution is 2.22. The quantitative estimate of drug-likeness (QED) is 0.627. The van der Waals surface area contributed by atoms with Crippen LogP contribution in [0.5, 0.6) is 5.75 Å². The number of rotatable bonds is 6. The van der Waals surface area contributed by atoms with Crippen LogP contribution in [-0.2, 0) is 0 Å². The smallest absolute Gasteiger partial charge is 0.216 e. The second-order valence-corrected chi connectivity index (χ2v) is 5.34. The van der Waals surface area contributed by atoms with Crippen LogP contribution in [0.15, 0.2) is 23.4 Å². The predicted octanol–water partition coefficient (Wildman–Crippen LogP) is 2.56. The Morgan fingerprint density at radius 2 is 2.05 bits per heavy atom. The van der Waals surface area contributed by atoms with E-state index in [0.29, 0.717) is 17.7 Å². The highest BCUT2D eigenvalue weighted by Gasteiger charge is 2.04. The standard InChI is InChI=1S/C13H18N4OS/c1-9-5-3-6-10(2)11(9)18-7-4-8-19-13-15-12(14)16-17-13/h3,5-6H,4,7-8H2,1-2H3,(H3,14,15,16,17). The van der Waals surface area contributed by atoms with Gasteiger partial charge in [-0.15, -0.1) is 5.10 Å². The minimum atomic E-state index is 0.356. The molecule has 0 bridgehead atoms. The van der Waals surface area contributed by atoms with Crippen molar-refractivity contribution in [3.05, 3.63) is 29.3 Å². The number of benzene rings is 1. The van der Waals surface area contributed by atoms with Gasteiger partial charge in [0.05, 0.1) is 6.61 Å². The van der Waals surface area contributed by atoms with E-state index in [1.54, 1.807) is 11.8 Å². The molecule has 0 aliphatic carbocycles. The van der Waals surface area contributed by atoms with Crippen LogP contribution in [0.3, 0.4) is 0 Å². The average Bonchev–Trinajstić information content (AvgIpc) is 2.78. The fourth-order valence-corrected chi connectivity index (χ4v) is 2.46. The van der Waals surface area contributed by atoms with Crippen molar-refractivity contribution in [2.24, 2.45) is 0 Å². The van der Waals surface area contributed by atoms with Gasteiger partial charge in [0.25, 0.3) is 0 Å². The molecule has 2 rings (SSSR count). The third kappa shape index (κ3) is 3.89. The highest BCUT2D eigenvalue weighted by molar-refractivity contribution is 7.99. The molecule has 2 aromatic rings. The molecular formula is C13H18N4OS. The minimum Gasteiger partial charge on any atom is -0.493 e. The normalized spacial score (nSPS) is 10.6. The first-order chi connectivity index (χ1) is 9.16. The van der Waals surface area contributed by atoms with Crippen LogP contribution >= 0.6 is 11.8 Å². The maximum absolute atomic E-state index is 5.82. The Morgan fingerprint density at radius 3 is 2.68 bits per heavy atom. The maximum Gasteiger partial charge on any atom is 0.216 e. The highest BCUT2D eigenvalue weighted by atomic mass is 32.2. The molecule has 0 aliphatic rings. The number of hydrogen-bond donors (Lipinski definition) is 2. The number of H-pyrrole nitrogens is 1. The van der Waals surface area contributed by atoms with E-state index in [1.807, 2.05) is 6.07 Å². The van der Waals surface area contributed by atoms with Gasteiger partial charge >= 0.3 is 0 Å². The molecular weight excluding hydrogens is 260 g/mol. The Morgan fingerprint density at radius 1 is 1.32 bits per heavy atom. The van der Waals surface area contributed by atoms with Crippen molar-refractivity contribution in [2.45, 2.75) is 25.4 Å². The lowest BCUT2D eigenvalue weighted by atomic mass is 10.1. The fraction of sp³-hybridized carbons (Fsp3) is 0.385. The maximum atomic E-state index is 5.82. The lowest BCUT2D eigenvalue weighted by Crippen LogP contribution is -2.01. The number of hydrogen-bond acceptors (Lipinski definition) is 5. The molecule has 0 fully saturated rings. The van der Waals surface area contributed by atoms with Crippen LogP contribution in [0, 0.1) is 13.8 Å². The van der Waals surface area contributed by atoms with Crippen LogP contribution < -0.4 is 10.5 Å². The molecule has 1 aromatic carbocycles. The minimum absolute atomic E-state index is 0.356. The summed E-state index contributed by atoms with van der Waals surface area (Å²) in [6.07, 6.45) is 0.937. The van der Waals surface area contributed by atoms with Gasteiger partial charge in [0.2, 0.25) is 11.1 Å². The summed E-state index contributed by atoms with van der Waals surface area (Å²) in [4.78, 5) is 4.03. The third-order valence-electron chi connectivity index (χ3n) is 2.66. The zero-order valence-corrected chi connectivity index (χ0v) is 12.0. The molecule has 102 valence electrons. The van der Waals surface area contributed by atoms with E-state index in [-0.39, 0.29) is 0 Å². The van der Waals surface area contributed by atoms with E-state index in [2.05, 4.69) is 41.2 Å². The first-order valence-corrected chi connectivity index (χ1v) is 7.15. The van der Waals surface area contributed by atoms with Gasteiger partial charge < -0.3 is 10.5 Å². The lowest BCUT2D eigenvalue weighted by Gasteiger charge is -2.11. The summed E-state index contributed by atoms with van der Waals surface area (Å²) in [7, 11) is 0. The van der Waals surface area contributed by atoms with Crippen LogP contribution in [0.25, 0.3) is 0 Å². The fourth-order valence-electron chi connectivity index (χ4n) is 1.75. The molecule has 5 nitrogen and oxygen atoms in total. The van der Waals surface area contributed by atoms with Crippen molar-refractivity contribution >= 4 is 17.7 Å². The monoisotopic (exact) mass is 278 g/mol. The molecule has 0 unspecified atom stereocenters. The Labute approximate surface area is 117 Å². The number of aromatic nitrogens is 3. The molecule has 0 saturated heterocycles. The molecule has 1 heterocycles. The number of anilines is 1. The van der Waals surface area contributed by atoms with Gasteiger partial charge in [-0.2, -0.15) is 4.98 Å². The molecule has 1 aromatic heterocycles. The predicted molar refractivity (Wildman–Crippen MR) is 77.5 cm³/mol. The average molecular weight is 278 g/mol. The summed E-state index contributed by atoms with van der Waals surface area (Å²) in [5.74, 6) is 2.26. The molecule has 6 heteroatoms. The van der Waals surface area contributed by atoms with Gasteiger partial charge in [0.1, 0.15) is 5.75 Å². The second-order valence-electron chi connectivity index (χ2n) is 4.27. The van der Waals surface area contributed by atoms with Crippen molar-refractivity contribution in [2.75, 3.05) is 18.1 Å². The summed E-state index contributed by atoms with van der Waals surface area (Å²) in [5.41, 5.74) is 7.80. The van der Waals surface area contributed by atoms with E-state index in [9.17, 15) is 0 Å². The number of nitrogens with zero attached hydrogens (tertiary/aromatic N) is 2. The number of ether oxygens (including phenoxy) is 1. The molecule has 0 spiro atoms. The summed E-state index contributed by atoms with van der Waals surface area (Å²) in [6, 6.07) is 6.17. The number of para-hydroxylation sites is 1. The number of nitrogens with one attached hydrogen (secondary N) is 1. The zero-order valence-electron chi connectivity index (χ0n) is 11.1. The number of aromatic amines is 1. The molecule has 0 saturated carbocycles. The van der Waals surface area contributed by atoms with E-state index < -0.39 is 0 Å². The molecule has 0 aliphatic heterocycles. The molecule has 19 heavy (non-hydrogen) atoms. The number of nitrogens with two attached hydrogens (primary N) is 1. The summed E-state index contributed by atoms with van der Waals surface area (Å²) in [6.45, 7) is 4.82. The third-order valence-corrected chi connectivity index (χ3v) is 3.59. The SMILES string of the molecule is Cc1cccc(C)c1OCCCSc1n[nH]c(N)n1.